The Hall–Kier alpha value is -2.96. The van der Waals surface area contributed by atoms with Crippen LogP contribution in [0.5, 0.6) is 5.75 Å². The Balaban J connectivity index is 1.45. The van der Waals surface area contributed by atoms with E-state index in [9.17, 15) is 9.18 Å². The van der Waals surface area contributed by atoms with E-state index in [1.807, 2.05) is 23.7 Å². The lowest BCUT2D eigenvalue weighted by Crippen LogP contribution is -2.39. The Labute approximate surface area is 143 Å². The minimum absolute atomic E-state index is 0.0719. The van der Waals surface area contributed by atoms with Crippen LogP contribution < -0.4 is 4.74 Å². The second-order valence-electron chi connectivity index (χ2n) is 6.09. The SMILES string of the molecule is Cc1cc2ncc3c(n2n1)CCN(C(=O)COc1ccc(F)cc1)C3. The Morgan fingerprint density at radius 1 is 1.32 bits per heavy atom. The Morgan fingerprint density at radius 3 is 2.92 bits per heavy atom. The molecule has 0 spiro atoms. The number of rotatable bonds is 3. The first-order valence-electron chi connectivity index (χ1n) is 8.09. The molecule has 1 amide bonds. The molecule has 1 aliphatic heterocycles. The van der Waals surface area contributed by atoms with Gasteiger partial charge >= 0.3 is 0 Å². The first kappa shape index (κ1) is 15.6. The number of ether oxygens (including phenoxy) is 1. The van der Waals surface area contributed by atoms with Gasteiger partial charge in [-0.2, -0.15) is 5.10 Å². The normalized spacial score (nSPS) is 13.8. The molecule has 0 aliphatic carbocycles. The van der Waals surface area contributed by atoms with E-state index < -0.39 is 0 Å². The molecule has 4 rings (SSSR count). The molecule has 2 aromatic heterocycles. The summed E-state index contributed by atoms with van der Waals surface area (Å²) in [6.07, 6.45) is 2.53. The standard InChI is InChI=1S/C18H17FN4O2/c1-12-8-17-20-9-13-10-22(7-6-16(13)23(17)21-12)18(24)11-25-15-4-2-14(19)3-5-15/h2-5,8-9H,6-7,10-11H2,1H3. The van der Waals surface area contributed by atoms with Crippen LogP contribution in [0.2, 0.25) is 0 Å². The van der Waals surface area contributed by atoms with Crippen LogP contribution in [0.15, 0.2) is 36.5 Å². The molecule has 0 saturated carbocycles. The third-order valence-electron chi connectivity index (χ3n) is 4.30. The maximum atomic E-state index is 12.9. The summed E-state index contributed by atoms with van der Waals surface area (Å²) >= 11 is 0. The van der Waals surface area contributed by atoms with Crippen LogP contribution >= 0.6 is 0 Å². The van der Waals surface area contributed by atoms with E-state index in [2.05, 4.69) is 10.1 Å². The van der Waals surface area contributed by atoms with Crippen LogP contribution in [0.1, 0.15) is 17.0 Å². The Kier molecular flexibility index (Phi) is 3.83. The fourth-order valence-corrected chi connectivity index (χ4v) is 3.04. The van der Waals surface area contributed by atoms with Gasteiger partial charge in [-0.15, -0.1) is 0 Å². The van der Waals surface area contributed by atoms with Crippen molar-refractivity contribution < 1.29 is 13.9 Å². The van der Waals surface area contributed by atoms with Crippen LogP contribution in [0.3, 0.4) is 0 Å². The van der Waals surface area contributed by atoms with Crippen molar-refractivity contribution in [2.24, 2.45) is 0 Å². The number of carbonyl (C=O) groups excluding carboxylic acids is 1. The van der Waals surface area contributed by atoms with Crippen molar-refractivity contribution in [1.82, 2.24) is 19.5 Å². The molecule has 1 aliphatic rings. The van der Waals surface area contributed by atoms with Crippen LogP contribution in [-0.2, 0) is 17.8 Å². The minimum atomic E-state index is -0.334. The average Bonchev–Trinajstić information content (AvgIpc) is 3.01. The van der Waals surface area contributed by atoms with Gasteiger partial charge in [0.1, 0.15) is 11.6 Å². The maximum Gasteiger partial charge on any atom is 0.260 e. The molecule has 128 valence electrons. The zero-order valence-electron chi connectivity index (χ0n) is 13.8. The van der Waals surface area contributed by atoms with Crippen molar-refractivity contribution in [1.29, 1.82) is 0 Å². The maximum absolute atomic E-state index is 12.9. The number of carbonyl (C=O) groups is 1. The quantitative estimate of drug-likeness (QED) is 0.733. The smallest absolute Gasteiger partial charge is 0.260 e. The summed E-state index contributed by atoms with van der Waals surface area (Å²) < 4.78 is 20.2. The zero-order valence-corrected chi connectivity index (χ0v) is 13.8. The molecule has 0 saturated heterocycles. The molecular weight excluding hydrogens is 323 g/mol. The van der Waals surface area contributed by atoms with Crippen LogP contribution in [0.25, 0.3) is 5.65 Å². The summed E-state index contributed by atoms with van der Waals surface area (Å²) in [5, 5.41) is 4.47. The first-order valence-corrected chi connectivity index (χ1v) is 8.09. The predicted molar refractivity (Wildman–Crippen MR) is 88.7 cm³/mol. The predicted octanol–water partition coefficient (Wildman–Crippen LogP) is 2.14. The fraction of sp³-hybridized carbons (Fsp3) is 0.278. The van der Waals surface area contributed by atoms with Crippen molar-refractivity contribution in [2.45, 2.75) is 19.9 Å². The lowest BCUT2D eigenvalue weighted by molar-refractivity contribution is -0.134. The van der Waals surface area contributed by atoms with Gasteiger partial charge in [0.2, 0.25) is 0 Å². The number of hydrogen-bond donors (Lipinski definition) is 0. The number of benzene rings is 1. The number of halogens is 1. The number of amides is 1. The van der Waals surface area contributed by atoms with Crippen molar-refractivity contribution in [3.8, 4) is 5.75 Å². The summed E-state index contributed by atoms with van der Waals surface area (Å²) in [5.41, 5.74) is 3.85. The van der Waals surface area contributed by atoms with E-state index in [0.29, 0.717) is 18.8 Å². The number of fused-ring (bicyclic) bond motifs is 3. The van der Waals surface area contributed by atoms with Gasteiger partial charge in [-0.1, -0.05) is 0 Å². The van der Waals surface area contributed by atoms with Gasteiger partial charge in [0, 0.05) is 37.3 Å². The molecule has 0 atom stereocenters. The molecule has 3 aromatic rings. The summed E-state index contributed by atoms with van der Waals surface area (Å²) in [7, 11) is 0. The number of aromatic nitrogens is 3. The molecule has 0 bridgehead atoms. The fourth-order valence-electron chi connectivity index (χ4n) is 3.04. The molecule has 3 heterocycles. The molecule has 25 heavy (non-hydrogen) atoms. The molecule has 0 radical (unpaired) electrons. The highest BCUT2D eigenvalue weighted by molar-refractivity contribution is 5.78. The van der Waals surface area contributed by atoms with E-state index >= 15 is 0 Å². The molecule has 0 unspecified atom stereocenters. The molecule has 6 nitrogen and oxygen atoms in total. The third-order valence-corrected chi connectivity index (χ3v) is 4.30. The third kappa shape index (κ3) is 3.05. The van der Waals surface area contributed by atoms with Crippen molar-refractivity contribution >= 4 is 11.6 Å². The van der Waals surface area contributed by atoms with E-state index in [1.54, 1.807) is 4.90 Å². The molecule has 7 heteroatoms. The Morgan fingerprint density at radius 2 is 2.12 bits per heavy atom. The van der Waals surface area contributed by atoms with Crippen molar-refractivity contribution in [3.63, 3.8) is 0 Å². The highest BCUT2D eigenvalue weighted by Crippen LogP contribution is 2.20. The Bertz CT molecular complexity index is 936. The van der Waals surface area contributed by atoms with Gasteiger partial charge in [-0.05, 0) is 31.2 Å². The monoisotopic (exact) mass is 340 g/mol. The average molecular weight is 340 g/mol. The van der Waals surface area contributed by atoms with Crippen LogP contribution in [0, 0.1) is 12.7 Å². The van der Waals surface area contributed by atoms with Gasteiger partial charge in [-0.3, -0.25) is 4.79 Å². The summed E-state index contributed by atoms with van der Waals surface area (Å²) in [6, 6.07) is 7.57. The lowest BCUT2D eigenvalue weighted by Gasteiger charge is -2.28. The minimum Gasteiger partial charge on any atom is -0.484 e. The molecule has 0 fully saturated rings. The number of nitrogens with zero attached hydrogens (tertiary/aromatic N) is 4. The highest BCUT2D eigenvalue weighted by Gasteiger charge is 2.23. The largest absolute Gasteiger partial charge is 0.484 e. The summed E-state index contributed by atoms with van der Waals surface area (Å²) in [5.74, 6) is 0.0354. The number of aryl methyl sites for hydroxylation is 1. The second-order valence-corrected chi connectivity index (χ2v) is 6.09. The van der Waals surface area contributed by atoms with Crippen LogP contribution in [-0.4, -0.2) is 38.6 Å². The lowest BCUT2D eigenvalue weighted by atomic mass is 10.1. The molecular formula is C18H17FN4O2. The van der Waals surface area contributed by atoms with Crippen molar-refractivity contribution in [3.05, 3.63) is 59.3 Å². The topological polar surface area (TPSA) is 59.7 Å². The zero-order chi connectivity index (χ0) is 17.4. The highest BCUT2D eigenvalue weighted by atomic mass is 19.1. The summed E-state index contributed by atoms with van der Waals surface area (Å²) in [4.78, 5) is 18.6. The van der Waals surface area contributed by atoms with E-state index in [1.165, 1.54) is 24.3 Å². The first-order chi connectivity index (χ1) is 12.1. The van der Waals surface area contributed by atoms with E-state index in [0.717, 1.165) is 29.0 Å². The van der Waals surface area contributed by atoms with Gasteiger partial charge in [-0.25, -0.2) is 13.9 Å². The second kappa shape index (κ2) is 6.16. The molecule has 1 aromatic carbocycles. The van der Waals surface area contributed by atoms with E-state index in [-0.39, 0.29) is 18.3 Å². The molecule has 0 N–H and O–H groups in total. The van der Waals surface area contributed by atoms with E-state index in [4.69, 9.17) is 4.74 Å². The van der Waals surface area contributed by atoms with Gasteiger partial charge < -0.3 is 9.64 Å². The van der Waals surface area contributed by atoms with Crippen LogP contribution in [0.4, 0.5) is 4.39 Å². The van der Waals surface area contributed by atoms with Crippen molar-refractivity contribution in [2.75, 3.05) is 13.2 Å². The van der Waals surface area contributed by atoms with Gasteiger partial charge in [0.15, 0.2) is 12.3 Å². The van der Waals surface area contributed by atoms with Gasteiger partial charge in [0.25, 0.3) is 5.91 Å². The van der Waals surface area contributed by atoms with Gasteiger partial charge in [0.05, 0.1) is 11.4 Å². The number of hydrogen-bond acceptors (Lipinski definition) is 4. The summed E-state index contributed by atoms with van der Waals surface area (Å²) in [6.45, 7) is 2.96.